The second kappa shape index (κ2) is 15.6. The molecule has 52 heavy (non-hydrogen) atoms. The van der Waals surface area contributed by atoms with E-state index in [0.29, 0.717) is 47.5 Å². The first-order chi connectivity index (χ1) is 24.9. The highest BCUT2D eigenvalue weighted by Gasteiger charge is 2.39. The summed E-state index contributed by atoms with van der Waals surface area (Å²) in [5, 5.41) is 28.2. The Hall–Kier alpha value is -4.50. The quantitative estimate of drug-likeness (QED) is 0.0975. The van der Waals surface area contributed by atoms with Gasteiger partial charge in [-0.05, 0) is 67.8 Å². The minimum absolute atomic E-state index is 0.153. The Kier molecular flexibility index (Phi) is 11.2. The Bertz CT molecular complexity index is 1940. The van der Waals surface area contributed by atoms with Crippen LogP contribution in [-0.2, 0) is 30.5 Å². The molecule has 0 unspecified atom stereocenters. The Morgan fingerprint density at radius 1 is 0.981 bits per heavy atom. The molecular formula is C37H40ClF3N6O5. The summed E-state index contributed by atoms with van der Waals surface area (Å²) >= 11 is 7.09. The van der Waals surface area contributed by atoms with Crippen LogP contribution in [0.25, 0.3) is 22.4 Å². The topological polar surface area (TPSA) is 151 Å². The Labute approximate surface area is 304 Å². The summed E-state index contributed by atoms with van der Waals surface area (Å²) in [7, 11) is 2.84. The first kappa shape index (κ1) is 37.3. The van der Waals surface area contributed by atoms with Gasteiger partial charge in [-0.25, -0.2) is 9.97 Å². The average molecular weight is 741 g/mol. The number of pyridine rings is 1. The maximum atomic E-state index is 14.3. The van der Waals surface area contributed by atoms with Gasteiger partial charge in [-0.3, -0.25) is 10.1 Å². The molecule has 0 radical (unpaired) electrons. The van der Waals surface area contributed by atoms with Gasteiger partial charge in [-0.1, -0.05) is 54.1 Å². The van der Waals surface area contributed by atoms with Crippen molar-refractivity contribution < 1.29 is 37.7 Å². The third-order valence-corrected chi connectivity index (χ3v) is 9.98. The monoisotopic (exact) mass is 740 g/mol. The highest BCUT2D eigenvalue weighted by atomic mass is 35.5. The first-order valence-corrected chi connectivity index (χ1v) is 17.3. The van der Waals surface area contributed by atoms with Crippen molar-refractivity contribution in [2.24, 2.45) is 5.92 Å². The minimum Gasteiger partial charge on any atom is -0.481 e. The van der Waals surface area contributed by atoms with E-state index in [2.05, 4.69) is 25.9 Å². The molecule has 0 amide bonds. The number of anilines is 1. The SMILES string of the molecule is COc1nc(-c2cccc(-c3cccc4c3CC[C@@H]4Nc3nc(OC)c(CN[C@@H](C)C(=O)O)nc3C(F)(F)F)c2Cl)ccc1CNCC1CC(O)C1. The van der Waals surface area contributed by atoms with Crippen molar-refractivity contribution in [2.45, 2.75) is 70.1 Å². The van der Waals surface area contributed by atoms with Gasteiger partial charge in [0.2, 0.25) is 11.8 Å². The Morgan fingerprint density at radius 3 is 2.38 bits per heavy atom. The van der Waals surface area contributed by atoms with E-state index in [9.17, 15) is 23.1 Å². The van der Waals surface area contributed by atoms with Crippen LogP contribution in [0.2, 0.25) is 5.02 Å². The summed E-state index contributed by atoms with van der Waals surface area (Å²) in [4.78, 5) is 24.0. The number of aliphatic hydroxyl groups excluding tert-OH is 1. The van der Waals surface area contributed by atoms with E-state index >= 15 is 0 Å². The number of aliphatic hydroxyl groups is 1. The molecule has 11 nitrogen and oxygen atoms in total. The standard InChI is InChI=1S/C37H40ClF3N6O5/c1-19(36(49)50)43-18-30-35(52-3)47-33(32(44-30)37(39,40)41)45-28-13-11-24-23(6-4-7-25(24)28)26-8-5-9-27(31(26)38)29-12-10-21(34(46-29)51-2)17-42-16-20-14-22(48)15-20/h4-10,12,19-20,22,28,42-43,48H,11,13-18H2,1-3H3,(H,45,47)(H,49,50)/t19-,20?,22?,28-/m0/s1. The van der Waals surface area contributed by atoms with E-state index in [1.165, 1.54) is 14.0 Å². The largest absolute Gasteiger partial charge is 0.481 e. The number of hydrogen-bond donors (Lipinski definition) is 5. The number of nitrogens with zero attached hydrogens (tertiary/aromatic N) is 3. The number of carbonyl (C=O) groups is 1. The predicted molar refractivity (Wildman–Crippen MR) is 189 cm³/mol. The van der Waals surface area contributed by atoms with Crippen LogP contribution in [0.4, 0.5) is 19.0 Å². The molecule has 4 aromatic rings. The number of fused-ring (bicyclic) bond motifs is 1. The van der Waals surface area contributed by atoms with Crippen molar-refractivity contribution in [3.05, 3.63) is 81.6 Å². The number of aliphatic carboxylic acids is 1. The van der Waals surface area contributed by atoms with Gasteiger partial charge in [0, 0.05) is 29.8 Å². The summed E-state index contributed by atoms with van der Waals surface area (Å²) < 4.78 is 53.8. The lowest BCUT2D eigenvalue weighted by Crippen LogP contribution is -2.35. The number of halogens is 4. The van der Waals surface area contributed by atoms with Crippen LogP contribution in [0, 0.1) is 5.92 Å². The number of rotatable bonds is 14. The highest BCUT2D eigenvalue weighted by molar-refractivity contribution is 6.36. The highest BCUT2D eigenvalue weighted by Crippen LogP contribution is 2.44. The molecule has 6 rings (SSSR count). The molecule has 2 aromatic heterocycles. The van der Waals surface area contributed by atoms with Crippen LogP contribution < -0.4 is 25.4 Å². The zero-order valence-corrected chi connectivity index (χ0v) is 29.6. The molecule has 2 aliphatic carbocycles. The third-order valence-electron chi connectivity index (χ3n) is 9.58. The van der Waals surface area contributed by atoms with Crippen LogP contribution >= 0.6 is 11.6 Å². The van der Waals surface area contributed by atoms with Crippen molar-refractivity contribution >= 4 is 23.4 Å². The number of methoxy groups -OCH3 is 2. The number of aromatic nitrogens is 3. The minimum atomic E-state index is -4.85. The zero-order valence-electron chi connectivity index (χ0n) is 28.9. The molecule has 2 atom stereocenters. The smallest absolute Gasteiger partial charge is 0.437 e. The van der Waals surface area contributed by atoms with Crippen LogP contribution in [0.5, 0.6) is 11.8 Å². The second-order valence-electron chi connectivity index (χ2n) is 13.1. The van der Waals surface area contributed by atoms with E-state index in [-0.39, 0.29) is 24.2 Å². The fraction of sp³-hybridized carbons (Fsp3) is 0.405. The molecular weight excluding hydrogens is 701 g/mol. The molecule has 2 heterocycles. The van der Waals surface area contributed by atoms with E-state index in [4.69, 9.17) is 31.2 Å². The van der Waals surface area contributed by atoms with Crippen LogP contribution in [0.1, 0.15) is 60.3 Å². The normalized spacial score (nSPS) is 18.7. The molecule has 0 saturated heterocycles. The number of alkyl halides is 3. The van der Waals surface area contributed by atoms with E-state index < -0.39 is 35.7 Å². The Balaban J connectivity index is 1.25. The van der Waals surface area contributed by atoms with Crippen molar-refractivity contribution in [3.63, 3.8) is 0 Å². The lowest BCUT2D eigenvalue weighted by atomic mass is 9.82. The van der Waals surface area contributed by atoms with E-state index in [1.807, 2.05) is 48.5 Å². The predicted octanol–water partition coefficient (Wildman–Crippen LogP) is 6.42. The number of carboxylic acids is 1. The van der Waals surface area contributed by atoms with Crippen molar-refractivity contribution in [3.8, 4) is 34.1 Å². The van der Waals surface area contributed by atoms with E-state index in [1.54, 1.807) is 7.11 Å². The maximum absolute atomic E-state index is 14.3. The van der Waals surface area contributed by atoms with Crippen LogP contribution in [0.15, 0.2) is 48.5 Å². The zero-order chi connectivity index (χ0) is 37.2. The lowest BCUT2D eigenvalue weighted by molar-refractivity contribution is -0.141. The molecule has 0 aliphatic heterocycles. The molecule has 0 bridgehead atoms. The fourth-order valence-electron chi connectivity index (χ4n) is 6.74. The van der Waals surface area contributed by atoms with Gasteiger partial charge in [0.05, 0.1) is 37.1 Å². The molecule has 0 spiro atoms. The number of carboxylic acid groups (broad SMARTS) is 1. The van der Waals surface area contributed by atoms with Gasteiger partial charge < -0.3 is 30.3 Å². The maximum Gasteiger partial charge on any atom is 0.437 e. The molecule has 2 aromatic carbocycles. The van der Waals surface area contributed by atoms with Gasteiger partial charge >= 0.3 is 12.1 Å². The lowest BCUT2D eigenvalue weighted by Gasteiger charge is -2.31. The van der Waals surface area contributed by atoms with Crippen molar-refractivity contribution in [1.29, 1.82) is 0 Å². The van der Waals surface area contributed by atoms with Crippen LogP contribution in [-0.4, -0.2) is 64.0 Å². The van der Waals surface area contributed by atoms with Crippen molar-refractivity contribution in [1.82, 2.24) is 25.6 Å². The molecule has 276 valence electrons. The first-order valence-electron chi connectivity index (χ1n) is 17.0. The summed E-state index contributed by atoms with van der Waals surface area (Å²) in [5.74, 6) is -0.855. The molecule has 2 aliphatic rings. The molecule has 15 heteroatoms. The third kappa shape index (κ3) is 7.94. The number of benzene rings is 2. The summed E-state index contributed by atoms with van der Waals surface area (Å²) in [6, 6.07) is 13.7. The van der Waals surface area contributed by atoms with Gasteiger partial charge in [0.1, 0.15) is 11.7 Å². The second-order valence-corrected chi connectivity index (χ2v) is 13.5. The molecule has 5 N–H and O–H groups in total. The molecule has 1 saturated carbocycles. The number of hydrogen-bond acceptors (Lipinski definition) is 10. The fourth-order valence-corrected chi connectivity index (χ4v) is 7.06. The summed E-state index contributed by atoms with van der Waals surface area (Å²) in [5.41, 5.74) is 4.21. The number of ether oxygens (including phenoxy) is 2. The number of nitrogens with one attached hydrogen (secondary N) is 3. The van der Waals surface area contributed by atoms with Gasteiger partial charge in [-0.2, -0.15) is 18.2 Å². The average Bonchev–Trinajstić information content (AvgIpc) is 3.52. The summed E-state index contributed by atoms with van der Waals surface area (Å²) in [6.45, 7) is 2.45. The molecule has 1 fully saturated rings. The van der Waals surface area contributed by atoms with Gasteiger partial charge in [0.15, 0.2) is 11.5 Å². The van der Waals surface area contributed by atoms with Gasteiger partial charge in [-0.15, -0.1) is 0 Å². The van der Waals surface area contributed by atoms with Crippen molar-refractivity contribution in [2.75, 3.05) is 26.1 Å². The Morgan fingerprint density at radius 2 is 1.69 bits per heavy atom. The summed E-state index contributed by atoms with van der Waals surface area (Å²) in [6.07, 6.45) is -2.37. The van der Waals surface area contributed by atoms with Gasteiger partial charge in [0.25, 0.3) is 0 Å². The van der Waals surface area contributed by atoms with E-state index in [0.717, 1.165) is 47.2 Å². The van der Waals surface area contributed by atoms with Crippen LogP contribution in [0.3, 0.4) is 0 Å².